The Morgan fingerprint density at radius 3 is 1.70 bits per heavy atom. The molecule has 4 unspecified atom stereocenters. The molecule has 0 aliphatic heterocycles. The average Bonchev–Trinajstić information content (AvgIpc) is 2.53. The van der Waals surface area contributed by atoms with Gasteiger partial charge in [-0.3, -0.25) is 9.11 Å². The van der Waals surface area contributed by atoms with Crippen molar-refractivity contribution in [3.63, 3.8) is 0 Å². The van der Waals surface area contributed by atoms with Crippen molar-refractivity contribution in [2.24, 2.45) is 43.3 Å². The SMILES string of the molecule is NC(N)=N/N=C/C(=N\N=C(N)N)C(O)C(O)C(O)C(O)CO.O=S(=O)(O)O. The maximum atomic E-state index is 9.88. The van der Waals surface area contributed by atoms with Gasteiger partial charge in [0, 0.05) is 0 Å². The van der Waals surface area contributed by atoms with Crippen LogP contribution in [0.1, 0.15) is 0 Å². The van der Waals surface area contributed by atoms with Crippen molar-refractivity contribution in [1.29, 1.82) is 0 Å². The lowest BCUT2D eigenvalue weighted by molar-refractivity contribution is -0.100. The van der Waals surface area contributed by atoms with E-state index in [1.165, 1.54) is 0 Å². The number of nitrogens with zero attached hydrogens (tertiary/aromatic N) is 4. The number of aliphatic hydroxyl groups excluding tert-OH is 5. The van der Waals surface area contributed by atoms with E-state index in [9.17, 15) is 20.4 Å². The number of nitrogens with two attached hydrogens (primary N) is 4. The summed E-state index contributed by atoms with van der Waals surface area (Å²) in [5.74, 6) is -0.839. The zero-order chi connectivity index (χ0) is 21.8. The molecule has 0 spiro atoms. The zero-order valence-electron chi connectivity index (χ0n) is 13.5. The fourth-order valence-electron chi connectivity index (χ4n) is 1.13. The topological polar surface area (TPSA) is 329 Å². The normalized spacial score (nSPS) is 16.5. The van der Waals surface area contributed by atoms with Crippen LogP contribution in [0.25, 0.3) is 0 Å². The molecule has 158 valence electrons. The molecule has 0 amide bonds. The third-order valence-corrected chi connectivity index (χ3v) is 2.20. The number of hydrogen-bond acceptors (Lipinski definition) is 11. The van der Waals surface area contributed by atoms with Crippen molar-refractivity contribution in [2.75, 3.05) is 6.61 Å². The quantitative estimate of drug-likeness (QED) is 0.0756. The van der Waals surface area contributed by atoms with Gasteiger partial charge in [-0.15, -0.1) is 15.3 Å². The molecule has 0 saturated heterocycles. The molecule has 0 heterocycles. The van der Waals surface area contributed by atoms with Crippen LogP contribution in [-0.4, -0.2) is 97.9 Å². The van der Waals surface area contributed by atoms with Gasteiger partial charge in [0.25, 0.3) is 0 Å². The second-order valence-electron chi connectivity index (χ2n) is 4.44. The van der Waals surface area contributed by atoms with Crippen LogP contribution in [-0.2, 0) is 10.4 Å². The first-order valence-corrected chi connectivity index (χ1v) is 7.91. The number of rotatable bonds is 8. The van der Waals surface area contributed by atoms with Gasteiger partial charge < -0.3 is 48.5 Å². The molecule has 0 bridgehead atoms. The Morgan fingerprint density at radius 1 is 0.889 bits per heavy atom. The standard InChI is InChI=1S/C9H20N8O5.H2O4S/c10-8(11)16-14-1-3(15-17-9(12)13)5(20)7(22)6(21)4(19)2-18;1-5(2,3)4/h1,4-7,18-22H,2H2,(H4,10,11,16)(H4,12,13,17);(H2,1,2,3,4)/b14-1+,15-3+;. The van der Waals surface area contributed by atoms with Gasteiger partial charge in [-0.2, -0.15) is 13.5 Å². The van der Waals surface area contributed by atoms with Gasteiger partial charge in [-0.25, -0.2) is 0 Å². The lowest BCUT2D eigenvalue weighted by Gasteiger charge is -2.25. The van der Waals surface area contributed by atoms with Crippen molar-refractivity contribution in [1.82, 2.24) is 0 Å². The Hall–Kier alpha value is -2.45. The molecular formula is C9H22N8O9S. The van der Waals surface area contributed by atoms with E-state index in [4.69, 9.17) is 45.6 Å². The summed E-state index contributed by atoms with van der Waals surface area (Å²) in [6.45, 7) is -0.840. The molecule has 4 atom stereocenters. The highest BCUT2D eigenvalue weighted by Gasteiger charge is 2.32. The molecule has 0 aromatic rings. The van der Waals surface area contributed by atoms with Gasteiger partial charge in [0.2, 0.25) is 11.9 Å². The molecule has 0 rings (SSSR count). The number of hydrogen-bond donors (Lipinski definition) is 11. The number of aliphatic hydroxyl groups is 5. The van der Waals surface area contributed by atoms with E-state index in [1.54, 1.807) is 0 Å². The lowest BCUT2D eigenvalue weighted by atomic mass is 10.0. The smallest absolute Gasteiger partial charge is 0.394 e. The molecule has 17 nitrogen and oxygen atoms in total. The first kappa shape index (κ1) is 26.8. The van der Waals surface area contributed by atoms with Crippen LogP contribution < -0.4 is 22.9 Å². The second-order valence-corrected chi connectivity index (χ2v) is 5.34. The molecule has 15 N–H and O–H groups in total. The van der Waals surface area contributed by atoms with Gasteiger partial charge in [0.1, 0.15) is 30.1 Å². The maximum absolute atomic E-state index is 9.88. The maximum Gasteiger partial charge on any atom is 0.394 e. The highest BCUT2D eigenvalue weighted by Crippen LogP contribution is 2.07. The van der Waals surface area contributed by atoms with Crippen molar-refractivity contribution in [2.45, 2.75) is 24.4 Å². The fourth-order valence-corrected chi connectivity index (χ4v) is 1.13. The predicted molar refractivity (Wildman–Crippen MR) is 92.8 cm³/mol. The van der Waals surface area contributed by atoms with Gasteiger partial charge in [-0.05, 0) is 0 Å². The minimum Gasteiger partial charge on any atom is -0.394 e. The van der Waals surface area contributed by atoms with E-state index in [0.717, 1.165) is 6.21 Å². The Labute approximate surface area is 152 Å². The lowest BCUT2D eigenvalue weighted by Crippen LogP contribution is -2.49. The van der Waals surface area contributed by atoms with Crippen LogP contribution in [0.5, 0.6) is 0 Å². The molecule has 0 fully saturated rings. The Bertz CT molecular complexity index is 648. The minimum absolute atomic E-state index is 0.386. The first-order valence-electron chi connectivity index (χ1n) is 6.52. The van der Waals surface area contributed by atoms with E-state index in [0.29, 0.717) is 0 Å². The van der Waals surface area contributed by atoms with Crippen LogP contribution in [0.4, 0.5) is 0 Å². The Kier molecular flexibility index (Phi) is 12.7. The van der Waals surface area contributed by atoms with E-state index in [2.05, 4.69) is 20.4 Å². The molecule has 18 heteroatoms. The van der Waals surface area contributed by atoms with E-state index in [1.807, 2.05) is 0 Å². The third-order valence-electron chi connectivity index (χ3n) is 2.20. The van der Waals surface area contributed by atoms with Crippen molar-refractivity contribution >= 4 is 34.2 Å². The molecule has 0 aromatic carbocycles. The van der Waals surface area contributed by atoms with Crippen LogP contribution in [0.3, 0.4) is 0 Å². The molecule has 0 radical (unpaired) electrons. The third kappa shape index (κ3) is 15.5. The summed E-state index contributed by atoms with van der Waals surface area (Å²) in [5, 5.41) is 60.3. The van der Waals surface area contributed by atoms with Gasteiger partial charge in [-0.1, -0.05) is 0 Å². The molecule has 0 saturated carbocycles. The second kappa shape index (κ2) is 12.8. The highest BCUT2D eigenvalue weighted by molar-refractivity contribution is 7.79. The molecule has 0 aromatic heterocycles. The molecule has 27 heavy (non-hydrogen) atoms. The van der Waals surface area contributed by atoms with Gasteiger partial charge in [0.15, 0.2) is 0 Å². The Morgan fingerprint density at radius 2 is 1.33 bits per heavy atom. The highest BCUT2D eigenvalue weighted by atomic mass is 32.3. The van der Waals surface area contributed by atoms with Crippen molar-refractivity contribution in [3.8, 4) is 0 Å². The molecule has 0 aliphatic carbocycles. The number of guanidine groups is 2. The van der Waals surface area contributed by atoms with E-state index in [-0.39, 0.29) is 5.96 Å². The van der Waals surface area contributed by atoms with E-state index < -0.39 is 53.1 Å². The van der Waals surface area contributed by atoms with Crippen molar-refractivity contribution in [3.05, 3.63) is 0 Å². The summed E-state index contributed by atoms with van der Waals surface area (Å²) in [6, 6.07) is 0. The van der Waals surface area contributed by atoms with Crippen LogP contribution >= 0.6 is 0 Å². The van der Waals surface area contributed by atoms with Crippen LogP contribution in [0, 0.1) is 0 Å². The summed E-state index contributed by atoms with van der Waals surface area (Å²) in [6.07, 6.45) is -6.54. The van der Waals surface area contributed by atoms with Crippen LogP contribution in [0.15, 0.2) is 20.4 Å². The summed E-state index contributed by atoms with van der Waals surface area (Å²) in [5.41, 5.74) is 19.8. The molecule has 0 aliphatic rings. The summed E-state index contributed by atoms with van der Waals surface area (Å²) < 4.78 is 31.6. The summed E-state index contributed by atoms with van der Waals surface area (Å²) >= 11 is 0. The monoisotopic (exact) mass is 418 g/mol. The van der Waals surface area contributed by atoms with Crippen LogP contribution in [0.2, 0.25) is 0 Å². The van der Waals surface area contributed by atoms with E-state index >= 15 is 0 Å². The van der Waals surface area contributed by atoms with Gasteiger partial charge in [0.05, 0.1) is 12.8 Å². The largest absolute Gasteiger partial charge is 0.394 e. The minimum atomic E-state index is -4.67. The summed E-state index contributed by atoms with van der Waals surface area (Å²) in [7, 11) is -4.67. The Balaban J connectivity index is 0. The van der Waals surface area contributed by atoms with Gasteiger partial charge >= 0.3 is 10.4 Å². The first-order chi connectivity index (χ1) is 12.2. The summed E-state index contributed by atoms with van der Waals surface area (Å²) in [4.78, 5) is 0. The fraction of sp³-hybridized carbons (Fsp3) is 0.556. The predicted octanol–water partition coefficient (Wildman–Crippen LogP) is -6.34. The zero-order valence-corrected chi connectivity index (χ0v) is 14.4. The van der Waals surface area contributed by atoms with Crippen molar-refractivity contribution < 1.29 is 43.1 Å². The average molecular weight is 418 g/mol. The molecular weight excluding hydrogens is 396 g/mol.